The maximum absolute atomic E-state index is 8.63. The van der Waals surface area contributed by atoms with Crippen molar-refractivity contribution in [1.82, 2.24) is 5.32 Å². The SMILES string of the molecule is C=COCCCNCc1ccc(C#N)s1. The van der Waals surface area contributed by atoms with E-state index in [-0.39, 0.29) is 0 Å². The zero-order chi connectivity index (χ0) is 10.9. The quantitative estimate of drug-likeness (QED) is 0.568. The average molecular weight is 222 g/mol. The molecule has 1 aromatic rings. The first-order valence-corrected chi connectivity index (χ1v) is 5.60. The highest BCUT2D eigenvalue weighted by Crippen LogP contribution is 2.14. The van der Waals surface area contributed by atoms with Crippen LogP contribution in [0.5, 0.6) is 0 Å². The Hall–Kier alpha value is -1.31. The molecule has 0 radical (unpaired) electrons. The number of hydrogen-bond acceptors (Lipinski definition) is 4. The predicted molar refractivity (Wildman–Crippen MR) is 61.5 cm³/mol. The molecule has 1 rings (SSSR count). The van der Waals surface area contributed by atoms with Gasteiger partial charge in [0.05, 0.1) is 12.9 Å². The van der Waals surface area contributed by atoms with Gasteiger partial charge in [0.25, 0.3) is 0 Å². The summed E-state index contributed by atoms with van der Waals surface area (Å²) in [5, 5.41) is 11.9. The number of thiophene rings is 1. The average Bonchev–Trinajstić information content (AvgIpc) is 2.71. The van der Waals surface area contributed by atoms with E-state index in [4.69, 9.17) is 10.00 Å². The van der Waals surface area contributed by atoms with E-state index in [1.54, 1.807) is 0 Å². The van der Waals surface area contributed by atoms with Gasteiger partial charge in [-0.1, -0.05) is 6.58 Å². The van der Waals surface area contributed by atoms with E-state index in [0.29, 0.717) is 6.61 Å². The third kappa shape index (κ3) is 4.63. The first-order chi connectivity index (χ1) is 7.36. The molecule has 80 valence electrons. The fourth-order valence-electron chi connectivity index (χ4n) is 1.11. The lowest BCUT2D eigenvalue weighted by Gasteiger charge is -2.02. The Labute approximate surface area is 94.0 Å². The van der Waals surface area contributed by atoms with Gasteiger partial charge in [-0.05, 0) is 25.1 Å². The van der Waals surface area contributed by atoms with Crippen molar-refractivity contribution in [3.63, 3.8) is 0 Å². The van der Waals surface area contributed by atoms with E-state index in [1.807, 2.05) is 12.1 Å². The Balaban J connectivity index is 2.10. The summed E-state index contributed by atoms with van der Waals surface area (Å²) in [4.78, 5) is 1.96. The summed E-state index contributed by atoms with van der Waals surface area (Å²) in [7, 11) is 0. The molecule has 15 heavy (non-hydrogen) atoms. The number of nitrogens with zero attached hydrogens (tertiary/aromatic N) is 1. The van der Waals surface area contributed by atoms with Gasteiger partial charge < -0.3 is 10.1 Å². The zero-order valence-corrected chi connectivity index (χ0v) is 9.35. The van der Waals surface area contributed by atoms with E-state index in [2.05, 4.69) is 18.0 Å². The summed E-state index contributed by atoms with van der Waals surface area (Å²) in [6.45, 7) is 5.90. The lowest BCUT2D eigenvalue weighted by molar-refractivity contribution is 0.244. The summed E-state index contributed by atoms with van der Waals surface area (Å²) in [5.74, 6) is 0. The molecule has 0 aromatic carbocycles. The molecule has 0 bridgehead atoms. The van der Waals surface area contributed by atoms with Gasteiger partial charge in [0.15, 0.2) is 0 Å². The van der Waals surface area contributed by atoms with Crippen LogP contribution in [0.1, 0.15) is 16.2 Å². The highest BCUT2D eigenvalue weighted by atomic mass is 32.1. The minimum Gasteiger partial charge on any atom is -0.502 e. The van der Waals surface area contributed by atoms with Gasteiger partial charge in [-0.15, -0.1) is 11.3 Å². The minimum absolute atomic E-state index is 0.699. The molecule has 0 fully saturated rings. The van der Waals surface area contributed by atoms with Crippen molar-refractivity contribution in [2.24, 2.45) is 0 Å². The summed E-state index contributed by atoms with van der Waals surface area (Å²) >= 11 is 1.53. The van der Waals surface area contributed by atoms with Gasteiger partial charge >= 0.3 is 0 Å². The topological polar surface area (TPSA) is 45.0 Å². The van der Waals surface area contributed by atoms with E-state index < -0.39 is 0 Å². The lowest BCUT2D eigenvalue weighted by Crippen LogP contribution is -2.15. The second-order valence-electron chi connectivity index (χ2n) is 2.95. The molecule has 3 nitrogen and oxygen atoms in total. The molecule has 0 amide bonds. The van der Waals surface area contributed by atoms with Gasteiger partial charge in [-0.2, -0.15) is 5.26 Å². The predicted octanol–water partition coefficient (Wildman–Crippen LogP) is 2.26. The Bertz CT molecular complexity index is 341. The Kier molecular flexibility index (Phi) is 5.52. The molecule has 0 aliphatic carbocycles. The molecule has 0 spiro atoms. The molecular formula is C11H14N2OS. The molecule has 0 saturated heterocycles. The van der Waals surface area contributed by atoms with Crippen LogP contribution >= 0.6 is 11.3 Å². The van der Waals surface area contributed by atoms with Gasteiger partial charge in [-0.25, -0.2) is 0 Å². The Morgan fingerprint density at radius 2 is 2.47 bits per heavy atom. The van der Waals surface area contributed by atoms with Crippen LogP contribution in [-0.4, -0.2) is 13.2 Å². The van der Waals surface area contributed by atoms with E-state index in [9.17, 15) is 0 Å². The normalized spacial score (nSPS) is 9.53. The number of ether oxygens (including phenoxy) is 1. The molecular weight excluding hydrogens is 208 g/mol. The second-order valence-corrected chi connectivity index (χ2v) is 4.11. The van der Waals surface area contributed by atoms with Crippen LogP contribution in [0.2, 0.25) is 0 Å². The van der Waals surface area contributed by atoms with Crippen LogP contribution in [0, 0.1) is 11.3 Å². The van der Waals surface area contributed by atoms with Crippen LogP contribution < -0.4 is 5.32 Å². The highest BCUT2D eigenvalue weighted by molar-refractivity contribution is 7.12. The number of nitrogens with one attached hydrogen (secondary N) is 1. The molecule has 0 atom stereocenters. The summed E-state index contributed by atoms with van der Waals surface area (Å²) < 4.78 is 4.99. The second kappa shape index (κ2) is 7.04. The molecule has 1 aromatic heterocycles. The van der Waals surface area contributed by atoms with Gasteiger partial charge in [0, 0.05) is 11.4 Å². The molecule has 0 aliphatic rings. The maximum Gasteiger partial charge on any atom is 0.110 e. The smallest absolute Gasteiger partial charge is 0.110 e. The maximum atomic E-state index is 8.63. The molecule has 0 aliphatic heterocycles. The van der Waals surface area contributed by atoms with Crippen molar-refractivity contribution >= 4 is 11.3 Å². The molecule has 0 unspecified atom stereocenters. The monoisotopic (exact) mass is 222 g/mol. The number of nitriles is 1. The van der Waals surface area contributed by atoms with Crippen LogP contribution in [-0.2, 0) is 11.3 Å². The third-order valence-electron chi connectivity index (χ3n) is 1.80. The fraction of sp³-hybridized carbons (Fsp3) is 0.364. The van der Waals surface area contributed by atoms with Gasteiger partial charge in [0.2, 0.25) is 0 Å². The summed E-state index contributed by atoms with van der Waals surface area (Å²) in [5.41, 5.74) is 0. The first kappa shape index (κ1) is 11.8. The van der Waals surface area contributed by atoms with E-state index in [1.165, 1.54) is 22.5 Å². The van der Waals surface area contributed by atoms with Crippen molar-refractivity contribution in [1.29, 1.82) is 5.26 Å². The van der Waals surface area contributed by atoms with Gasteiger partial charge in [-0.3, -0.25) is 0 Å². The first-order valence-electron chi connectivity index (χ1n) is 4.79. The number of rotatable bonds is 7. The van der Waals surface area contributed by atoms with Crippen LogP contribution in [0.3, 0.4) is 0 Å². The van der Waals surface area contributed by atoms with E-state index >= 15 is 0 Å². The Morgan fingerprint density at radius 1 is 1.60 bits per heavy atom. The lowest BCUT2D eigenvalue weighted by atomic mass is 10.4. The van der Waals surface area contributed by atoms with Gasteiger partial charge in [0.1, 0.15) is 10.9 Å². The largest absolute Gasteiger partial charge is 0.502 e. The number of hydrogen-bond donors (Lipinski definition) is 1. The van der Waals surface area contributed by atoms with Crippen LogP contribution in [0.15, 0.2) is 25.0 Å². The molecule has 4 heteroatoms. The fourth-order valence-corrected chi connectivity index (χ4v) is 1.88. The van der Waals surface area contributed by atoms with Crippen molar-refractivity contribution in [2.45, 2.75) is 13.0 Å². The van der Waals surface area contributed by atoms with E-state index in [0.717, 1.165) is 24.4 Å². The summed E-state index contributed by atoms with van der Waals surface area (Å²) in [6, 6.07) is 5.96. The third-order valence-corrected chi connectivity index (χ3v) is 2.79. The zero-order valence-electron chi connectivity index (χ0n) is 8.53. The standard InChI is InChI=1S/C11H14N2OS/c1-2-14-7-3-6-13-9-11-5-4-10(8-12)15-11/h2,4-5,13H,1,3,6-7,9H2. The molecule has 0 saturated carbocycles. The van der Waals surface area contributed by atoms with Crippen molar-refractivity contribution in [3.8, 4) is 6.07 Å². The Morgan fingerprint density at radius 3 is 3.13 bits per heavy atom. The molecule has 1 N–H and O–H groups in total. The van der Waals surface area contributed by atoms with Crippen molar-refractivity contribution in [2.75, 3.05) is 13.2 Å². The summed E-state index contributed by atoms with van der Waals surface area (Å²) in [6.07, 6.45) is 2.42. The van der Waals surface area contributed by atoms with Crippen LogP contribution in [0.4, 0.5) is 0 Å². The molecule has 1 heterocycles. The minimum atomic E-state index is 0.699. The van der Waals surface area contributed by atoms with Crippen molar-refractivity contribution in [3.05, 3.63) is 34.7 Å². The van der Waals surface area contributed by atoms with Crippen molar-refractivity contribution < 1.29 is 4.74 Å². The highest BCUT2D eigenvalue weighted by Gasteiger charge is 1.97. The van der Waals surface area contributed by atoms with Crippen LogP contribution in [0.25, 0.3) is 0 Å².